The molecule has 0 aliphatic heterocycles. The van der Waals surface area contributed by atoms with Crippen molar-refractivity contribution in [3.05, 3.63) is 45.8 Å². The third-order valence-corrected chi connectivity index (χ3v) is 3.19. The minimum Gasteiger partial charge on any atom is -0.383 e. The number of nitro benzene ring substituents is 1. The van der Waals surface area contributed by atoms with Crippen LogP contribution in [0, 0.1) is 17.0 Å². The van der Waals surface area contributed by atoms with E-state index in [1.807, 2.05) is 6.92 Å². The van der Waals surface area contributed by atoms with Gasteiger partial charge in [0.15, 0.2) is 5.69 Å². The SMILES string of the molecule is COCC(C)NC(=O)c1nnn(-c2cccc([N+](=O)[O-])c2)c1C. The largest absolute Gasteiger partial charge is 0.383 e. The molecule has 1 aromatic heterocycles. The van der Waals surface area contributed by atoms with Gasteiger partial charge in [-0.2, -0.15) is 0 Å². The third kappa shape index (κ3) is 3.69. The van der Waals surface area contributed by atoms with E-state index in [0.717, 1.165) is 0 Å². The Morgan fingerprint density at radius 3 is 2.91 bits per heavy atom. The number of carbonyl (C=O) groups excluding carboxylic acids is 1. The number of hydrogen-bond donors (Lipinski definition) is 1. The molecule has 2 aromatic rings. The lowest BCUT2D eigenvalue weighted by molar-refractivity contribution is -0.384. The second kappa shape index (κ2) is 6.97. The Kier molecular flexibility index (Phi) is 5.02. The summed E-state index contributed by atoms with van der Waals surface area (Å²) < 4.78 is 6.35. The Hall–Kier alpha value is -2.81. The molecule has 9 heteroatoms. The van der Waals surface area contributed by atoms with Gasteiger partial charge in [0.25, 0.3) is 11.6 Å². The Morgan fingerprint density at radius 1 is 1.52 bits per heavy atom. The van der Waals surface area contributed by atoms with Crippen LogP contribution in [0.1, 0.15) is 23.1 Å². The predicted octanol–water partition coefficient (Wildman–Crippen LogP) is 1.25. The first kappa shape index (κ1) is 16.6. The zero-order valence-corrected chi connectivity index (χ0v) is 13.0. The summed E-state index contributed by atoms with van der Waals surface area (Å²) >= 11 is 0. The second-order valence-corrected chi connectivity index (χ2v) is 5.04. The molecule has 0 saturated carbocycles. The Labute approximate surface area is 132 Å². The number of nitrogens with zero attached hydrogens (tertiary/aromatic N) is 4. The number of methoxy groups -OCH3 is 1. The van der Waals surface area contributed by atoms with Crippen LogP contribution < -0.4 is 5.32 Å². The molecule has 0 saturated heterocycles. The molecule has 0 bridgehead atoms. The van der Waals surface area contributed by atoms with Crippen molar-refractivity contribution in [3.63, 3.8) is 0 Å². The van der Waals surface area contributed by atoms with Crippen LogP contribution in [0.15, 0.2) is 24.3 Å². The number of ether oxygens (including phenoxy) is 1. The first-order valence-electron chi connectivity index (χ1n) is 6.91. The Bertz CT molecular complexity index is 728. The standard InChI is InChI=1S/C14H17N5O4/c1-9(8-23-3)15-14(20)13-10(2)18(17-16-13)11-5-4-6-12(7-11)19(21)22/h4-7,9H,8H2,1-3H3,(H,15,20). The fourth-order valence-electron chi connectivity index (χ4n) is 2.11. The lowest BCUT2D eigenvalue weighted by atomic mass is 10.2. The van der Waals surface area contributed by atoms with Crippen molar-refractivity contribution >= 4 is 11.6 Å². The summed E-state index contributed by atoms with van der Waals surface area (Å²) in [7, 11) is 1.55. The monoisotopic (exact) mass is 319 g/mol. The van der Waals surface area contributed by atoms with Gasteiger partial charge in [-0.25, -0.2) is 4.68 Å². The van der Waals surface area contributed by atoms with Crippen molar-refractivity contribution in [1.29, 1.82) is 0 Å². The van der Waals surface area contributed by atoms with Crippen LogP contribution in [-0.4, -0.2) is 45.6 Å². The third-order valence-electron chi connectivity index (χ3n) is 3.19. The van der Waals surface area contributed by atoms with Crippen LogP contribution in [0.2, 0.25) is 0 Å². The van der Waals surface area contributed by atoms with E-state index in [4.69, 9.17) is 4.74 Å². The highest BCUT2D eigenvalue weighted by Gasteiger charge is 2.19. The molecule has 1 unspecified atom stereocenters. The molecule has 0 spiro atoms. The minimum atomic E-state index is -0.490. The van der Waals surface area contributed by atoms with Crippen LogP contribution in [0.3, 0.4) is 0 Å². The van der Waals surface area contributed by atoms with Crippen LogP contribution in [0.4, 0.5) is 5.69 Å². The van der Waals surface area contributed by atoms with Gasteiger partial charge in [-0.1, -0.05) is 11.3 Å². The quantitative estimate of drug-likeness (QED) is 0.633. The van der Waals surface area contributed by atoms with Gasteiger partial charge in [0, 0.05) is 25.3 Å². The number of non-ortho nitro benzene ring substituents is 1. The van der Waals surface area contributed by atoms with Gasteiger partial charge in [-0.05, 0) is 19.9 Å². The van der Waals surface area contributed by atoms with Crippen LogP contribution in [-0.2, 0) is 4.74 Å². The normalized spacial score (nSPS) is 12.0. The number of carbonyl (C=O) groups is 1. The highest BCUT2D eigenvalue weighted by Crippen LogP contribution is 2.18. The summed E-state index contributed by atoms with van der Waals surface area (Å²) in [5.41, 5.74) is 1.07. The van der Waals surface area contributed by atoms with Crippen LogP contribution in [0.25, 0.3) is 5.69 Å². The molecule has 1 N–H and O–H groups in total. The maximum atomic E-state index is 12.2. The molecule has 1 amide bonds. The lowest BCUT2D eigenvalue weighted by Crippen LogP contribution is -2.36. The van der Waals surface area contributed by atoms with Gasteiger partial charge < -0.3 is 10.1 Å². The molecule has 0 fully saturated rings. The molecule has 23 heavy (non-hydrogen) atoms. The molecule has 0 aliphatic rings. The van der Waals surface area contributed by atoms with Crippen LogP contribution >= 0.6 is 0 Å². The van der Waals surface area contributed by atoms with E-state index in [0.29, 0.717) is 18.0 Å². The number of amides is 1. The number of benzene rings is 1. The second-order valence-electron chi connectivity index (χ2n) is 5.04. The van der Waals surface area contributed by atoms with Crippen molar-refractivity contribution in [2.75, 3.05) is 13.7 Å². The fraction of sp³-hybridized carbons (Fsp3) is 0.357. The average molecular weight is 319 g/mol. The number of rotatable bonds is 6. The van der Waals surface area contributed by atoms with Gasteiger partial charge in [-0.15, -0.1) is 5.10 Å². The molecule has 2 rings (SSSR count). The van der Waals surface area contributed by atoms with Gasteiger partial charge in [0.1, 0.15) is 0 Å². The van der Waals surface area contributed by atoms with Crippen molar-refractivity contribution in [1.82, 2.24) is 20.3 Å². The Morgan fingerprint density at radius 2 is 2.26 bits per heavy atom. The molecule has 1 atom stereocenters. The molecule has 1 aromatic carbocycles. The Balaban J connectivity index is 2.27. The van der Waals surface area contributed by atoms with Gasteiger partial charge >= 0.3 is 0 Å². The number of hydrogen-bond acceptors (Lipinski definition) is 6. The van der Waals surface area contributed by atoms with E-state index in [2.05, 4.69) is 15.6 Å². The molecule has 122 valence electrons. The summed E-state index contributed by atoms with van der Waals surface area (Å²) in [5.74, 6) is -0.372. The first-order chi connectivity index (χ1) is 10.9. The minimum absolute atomic E-state index is 0.0582. The van der Waals surface area contributed by atoms with E-state index < -0.39 is 4.92 Å². The summed E-state index contributed by atoms with van der Waals surface area (Å²) in [6.07, 6.45) is 0. The summed E-state index contributed by atoms with van der Waals surface area (Å²) in [5, 5.41) is 21.4. The molecule has 9 nitrogen and oxygen atoms in total. The molecule has 0 aliphatic carbocycles. The van der Waals surface area contributed by atoms with Gasteiger partial charge in [0.2, 0.25) is 0 Å². The number of aromatic nitrogens is 3. The van der Waals surface area contributed by atoms with Crippen molar-refractivity contribution in [2.24, 2.45) is 0 Å². The maximum Gasteiger partial charge on any atom is 0.274 e. The van der Waals surface area contributed by atoms with Crippen molar-refractivity contribution in [3.8, 4) is 5.69 Å². The van der Waals surface area contributed by atoms with Crippen molar-refractivity contribution < 1.29 is 14.5 Å². The van der Waals surface area contributed by atoms with Gasteiger partial charge in [0.05, 0.1) is 22.9 Å². The zero-order chi connectivity index (χ0) is 17.0. The molecular weight excluding hydrogens is 302 g/mol. The highest BCUT2D eigenvalue weighted by atomic mass is 16.6. The van der Waals surface area contributed by atoms with Gasteiger partial charge in [-0.3, -0.25) is 14.9 Å². The number of nitrogens with one attached hydrogen (secondary N) is 1. The average Bonchev–Trinajstić information content (AvgIpc) is 2.89. The molecular formula is C14H17N5O4. The topological polar surface area (TPSA) is 112 Å². The van der Waals surface area contributed by atoms with E-state index in [-0.39, 0.29) is 23.3 Å². The van der Waals surface area contributed by atoms with Crippen molar-refractivity contribution in [2.45, 2.75) is 19.9 Å². The van der Waals surface area contributed by atoms with Crippen LogP contribution in [0.5, 0.6) is 0 Å². The van der Waals surface area contributed by atoms with E-state index in [9.17, 15) is 14.9 Å². The molecule has 1 heterocycles. The first-order valence-corrected chi connectivity index (χ1v) is 6.91. The van der Waals surface area contributed by atoms with E-state index >= 15 is 0 Å². The summed E-state index contributed by atoms with van der Waals surface area (Å²) in [4.78, 5) is 22.5. The smallest absolute Gasteiger partial charge is 0.274 e. The maximum absolute atomic E-state index is 12.2. The zero-order valence-electron chi connectivity index (χ0n) is 13.0. The molecule has 0 radical (unpaired) electrons. The summed E-state index contributed by atoms with van der Waals surface area (Å²) in [6.45, 7) is 3.86. The number of nitro groups is 1. The summed E-state index contributed by atoms with van der Waals surface area (Å²) in [6, 6.07) is 5.79. The lowest BCUT2D eigenvalue weighted by Gasteiger charge is -2.11. The van der Waals surface area contributed by atoms with E-state index in [1.54, 1.807) is 26.2 Å². The fourth-order valence-corrected chi connectivity index (χ4v) is 2.11. The predicted molar refractivity (Wildman–Crippen MR) is 81.6 cm³/mol. The highest BCUT2D eigenvalue weighted by molar-refractivity contribution is 5.93. The van der Waals surface area contributed by atoms with E-state index in [1.165, 1.54) is 16.8 Å².